The van der Waals surface area contributed by atoms with Gasteiger partial charge in [-0.05, 0) is 30.3 Å². The van der Waals surface area contributed by atoms with E-state index in [-0.39, 0.29) is 5.41 Å². The molecule has 0 aromatic carbocycles. The average molecular weight is 168 g/mol. The highest BCUT2D eigenvalue weighted by atomic mass is 16.5. The lowest BCUT2D eigenvalue weighted by Gasteiger charge is -2.31. The van der Waals surface area contributed by atoms with Gasteiger partial charge >= 0.3 is 0 Å². The van der Waals surface area contributed by atoms with Crippen molar-refractivity contribution in [2.24, 2.45) is 5.41 Å². The van der Waals surface area contributed by atoms with Crippen molar-refractivity contribution in [3.05, 3.63) is 11.6 Å². The van der Waals surface area contributed by atoms with E-state index in [0.29, 0.717) is 0 Å². The summed E-state index contributed by atoms with van der Waals surface area (Å²) in [5.74, 6) is 0. The van der Waals surface area contributed by atoms with E-state index in [2.05, 4.69) is 6.92 Å². The molecule has 0 N–H and O–H groups in total. The van der Waals surface area contributed by atoms with Crippen molar-refractivity contribution in [2.45, 2.75) is 26.2 Å². The Labute approximate surface area is 73.6 Å². The van der Waals surface area contributed by atoms with Crippen LogP contribution in [0.2, 0.25) is 0 Å². The van der Waals surface area contributed by atoms with Gasteiger partial charge in [-0.3, -0.25) is 4.79 Å². The van der Waals surface area contributed by atoms with Crippen LogP contribution in [0.25, 0.3) is 0 Å². The van der Waals surface area contributed by atoms with Crippen molar-refractivity contribution in [2.75, 3.05) is 13.7 Å². The maximum atomic E-state index is 10.5. The Morgan fingerprint density at radius 2 is 2.50 bits per heavy atom. The van der Waals surface area contributed by atoms with E-state index in [1.165, 1.54) is 0 Å². The van der Waals surface area contributed by atoms with Crippen LogP contribution in [0.15, 0.2) is 11.6 Å². The number of rotatable bonds is 3. The molecule has 12 heavy (non-hydrogen) atoms. The summed E-state index contributed by atoms with van der Waals surface area (Å²) < 4.78 is 5.13. The van der Waals surface area contributed by atoms with E-state index in [0.717, 1.165) is 37.7 Å². The first-order valence-electron chi connectivity index (χ1n) is 4.33. The summed E-state index contributed by atoms with van der Waals surface area (Å²) in [6.45, 7) is 2.92. The molecule has 1 rings (SSSR count). The largest absolute Gasteiger partial charge is 0.384 e. The second-order valence-corrected chi connectivity index (χ2v) is 3.86. The quantitative estimate of drug-likeness (QED) is 0.602. The first-order valence-corrected chi connectivity index (χ1v) is 4.33. The summed E-state index contributed by atoms with van der Waals surface area (Å²) in [6.07, 6.45) is 5.99. The first-order chi connectivity index (χ1) is 5.70. The van der Waals surface area contributed by atoms with Gasteiger partial charge in [0, 0.05) is 7.11 Å². The normalized spacial score (nSPS) is 29.7. The molecule has 0 saturated carbocycles. The average Bonchev–Trinajstić information content (AvgIpc) is 2.04. The van der Waals surface area contributed by atoms with Crippen LogP contribution in [0.1, 0.15) is 26.2 Å². The molecule has 0 aromatic heterocycles. The van der Waals surface area contributed by atoms with Gasteiger partial charge in [-0.25, -0.2) is 0 Å². The molecule has 2 heteroatoms. The molecule has 1 atom stereocenters. The first kappa shape index (κ1) is 9.46. The number of methoxy groups -OCH3 is 1. The minimum absolute atomic E-state index is 0.180. The molecule has 0 radical (unpaired) electrons. The Bertz CT molecular complexity index is 196. The van der Waals surface area contributed by atoms with E-state index >= 15 is 0 Å². The van der Waals surface area contributed by atoms with Gasteiger partial charge in [0.1, 0.15) is 6.29 Å². The predicted octanol–water partition coefficient (Wildman–Crippen LogP) is 1.95. The smallest absolute Gasteiger partial charge is 0.145 e. The molecule has 0 bridgehead atoms. The molecule has 0 amide bonds. The SMILES string of the molecule is COCC1(C)CCC=C(C=O)C1. The van der Waals surface area contributed by atoms with E-state index in [9.17, 15) is 4.79 Å². The lowest BCUT2D eigenvalue weighted by atomic mass is 9.76. The number of aldehydes is 1. The second kappa shape index (κ2) is 3.85. The summed E-state index contributed by atoms with van der Waals surface area (Å²) in [5.41, 5.74) is 1.11. The molecule has 1 aliphatic rings. The third-order valence-electron chi connectivity index (χ3n) is 2.43. The van der Waals surface area contributed by atoms with Gasteiger partial charge in [0.25, 0.3) is 0 Å². The van der Waals surface area contributed by atoms with Gasteiger partial charge in [-0.2, -0.15) is 0 Å². The summed E-state index contributed by atoms with van der Waals surface area (Å²) in [4.78, 5) is 10.5. The number of hydrogen-bond acceptors (Lipinski definition) is 2. The van der Waals surface area contributed by atoms with Crippen molar-refractivity contribution >= 4 is 6.29 Å². The Hall–Kier alpha value is -0.630. The topological polar surface area (TPSA) is 26.3 Å². The minimum atomic E-state index is 0.180. The van der Waals surface area contributed by atoms with Crippen molar-refractivity contribution < 1.29 is 9.53 Å². The van der Waals surface area contributed by atoms with Crippen LogP contribution in [-0.4, -0.2) is 20.0 Å². The molecular weight excluding hydrogens is 152 g/mol. The fraction of sp³-hybridized carbons (Fsp3) is 0.700. The van der Waals surface area contributed by atoms with Gasteiger partial charge in [-0.1, -0.05) is 13.0 Å². The number of hydrogen-bond donors (Lipinski definition) is 0. The van der Waals surface area contributed by atoms with Gasteiger partial charge in [0.15, 0.2) is 0 Å². The fourth-order valence-corrected chi connectivity index (χ4v) is 1.82. The molecule has 0 fully saturated rings. The van der Waals surface area contributed by atoms with Gasteiger partial charge < -0.3 is 4.74 Å². The molecule has 0 aromatic rings. The van der Waals surface area contributed by atoms with Crippen LogP contribution in [0.5, 0.6) is 0 Å². The number of ether oxygens (including phenoxy) is 1. The van der Waals surface area contributed by atoms with Crippen LogP contribution in [0.4, 0.5) is 0 Å². The lowest BCUT2D eigenvalue weighted by molar-refractivity contribution is -0.105. The van der Waals surface area contributed by atoms with Crippen LogP contribution < -0.4 is 0 Å². The van der Waals surface area contributed by atoms with Crippen LogP contribution in [0.3, 0.4) is 0 Å². The minimum Gasteiger partial charge on any atom is -0.384 e. The summed E-state index contributed by atoms with van der Waals surface area (Å²) in [7, 11) is 1.71. The summed E-state index contributed by atoms with van der Waals surface area (Å²) in [5, 5.41) is 0. The van der Waals surface area contributed by atoms with Gasteiger partial charge in [0.2, 0.25) is 0 Å². The fourth-order valence-electron chi connectivity index (χ4n) is 1.82. The zero-order valence-electron chi connectivity index (χ0n) is 7.80. The van der Waals surface area contributed by atoms with E-state index in [4.69, 9.17) is 4.74 Å². The molecule has 1 unspecified atom stereocenters. The third-order valence-corrected chi connectivity index (χ3v) is 2.43. The van der Waals surface area contributed by atoms with E-state index in [1.54, 1.807) is 7.11 Å². The number of allylic oxidation sites excluding steroid dienone is 2. The molecular formula is C10H16O2. The van der Waals surface area contributed by atoms with Crippen molar-refractivity contribution in [1.82, 2.24) is 0 Å². The van der Waals surface area contributed by atoms with Crippen molar-refractivity contribution in [1.29, 1.82) is 0 Å². The van der Waals surface area contributed by atoms with Crippen LogP contribution in [0, 0.1) is 5.41 Å². The number of carbonyl (C=O) groups is 1. The molecule has 2 nitrogen and oxygen atoms in total. The Morgan fingerprint density at radius 3 is 3.08 bits per heavy atom. The molecule has 0 saturated heterocycles. The standard InChI is InChI=1S/C10H16O2/c1-10(8-12-2)5-3-4-9(6-10)7-11/h4,7H,3,5-6,8H2,1-2H3. The van der Waals surface area contributed by atoms with Gasteiger partial charge in [-0.15, -0.1) is 0 Å². The van der Waals surface area contributed by atoms with Crippen molar-refractivity contribution in [3.8, 4) is 0 Å². The Kier molecular flexibility index (Phi) is 3.04. The Morgan fingerprint density at radius 1 is 1.75 bits per heavy atom. The Balaban J connectivity index is 2.60. The molecule has 1 aliphatic carbocycles. The van der Waals surface area contributed by atoms with E-state index < -0.39 is 0 Å². The van der Waals surface area contributed by atoms with Crippen LogP contribution in [-0.2, 0) is 9.53 Å². The van der Waals surface area contributed by atoms with Crippen molar-refractivity contribution in [3.63, 3.8) is 0 Å². The maximum Gasteiger partial charge on any atom is 0.145 e. The highest BCUT2D eigenvalue weighted by molar-refractivity contribution is 5.73. The zero-order valence-corrected chi connectivity index (χ0v) is 7.80. The number of carbonyl (C=O) groups excluding carboxylic acids is 1. The maximum absolute atomic E-state index is 10.5. The molecule has 68 valence electrons. The molecule has 0 heterocycles. The zero-order chi connectivity index (χ0) is 9.03. The van der Waals surface area contributed by atoms with Gasteiger partial charge in [0.05, 0.1) is 6.61 Å². The highest BCUT2D eigenvalue weighted by Gasteiger charge is 2.27. The third kappa shape index (κ3) is 2.18. The molecule has 0 aliphatic heterocycles. The summed E-state index contributed by atoms with van der Waals surface area (Å²) >= 11 is 0. The molecule has 0 spiro atoms. The second-order valence-electron chi connectivity index (χ2n) is 3.86. The lowest BCUT2D eigenvalue weighted by Crippen LogP contribution is -2.25. The predicted molar refractivity (Wildman–Crippen MR) is 48.0 cm³/mol. The van der Waals surface area contributed by atoms with Crippen LogP contribution >= 0.6 is 0 Å². The monoisotopic (exact) mass is 168 g/mol. The summed E-state index contributed by atoms with van der Waals surface area (Å²) in [6, 6.07) is 0. The van der Waals surface area contributed by atoms with E-state index in [1.807, 2.05) is 6.08 Å². The highest BCUT2D eigenvalue weighted by Crippen LogP contribution is 2.35.